The van der Waals surface area contributed by atoms with Crippen LogP contribution in [0, 0.1) is 11.3 Å². The van der Waals surface area contributed by atoms with Crippen LogP contribution in [0.25, 0.3) is 11.1 Å². The minimum Gasteiger partial charge on any atom is -0.456 e. The Morgan fingerprint density at radius 1 is 0.745 bits per heavy atom. The number of hydrogen-bond acceptors (Lipinski definition) is 7. The van der Waals surface area contributed by atoms with E-state index in [4.69, 9.17) is 14.9 Å². The van der Waals surface area contributed by atoms with Crippen LogP contribution in [0.5, 0.6) is 0 Å². The van der Waals surface area contributed by atoms with Gasteiger partial charge in [-0.05, 0) is 60.4 Å². The number of ether oxygens (including phenoxy) is 2. The van der Waals surface area contributed by atoms with Gasteiger partial charge in [-0.1, -0.05) is 86.0 Å². The van der Waals surface area contributed by atoms with Gasteiger partial charge >= 0.3 is 12.1 Å². The van der Waals surface area contributed by atoms with Gasteiger partial charge in [0.05, 0.1) is 0 Å². The maximum Gasteiger partial charge on any atom is 0.413 e. The molecule has 1 heterocycles. The number of carbonyl (C=O) groups excluding carboxylic acids is 4. The van der Waals surface area contributed by atoms with Crippen LogP contribution in [0.15, 0.2) is 78.9 Å². The molecular weight excluding hydrogens is 596 g/mol. The Hall–Kier alpha value is -4.99. The highest BCUT2D eigenvalue weighted by Crippen LogP contribution is 2.25. The van der Waals surface area contributed by atoms with Crippen LogP contribution in [0.4, 0.5) is 4.79 Å². The van der Waals surface area contributed by atoms with Crippen molar-refractivity contribution in [1.29, 1.82) is 5.41 Å². The predicted octanol–water partition coefficient (Wildman–Crippen LogP) is 5.84. The van der Waals surface area contributed by atoms with E-state index < -0.39 is 6.09 Å². The summed E-state index contributed by atoms with van der Waals surface area (Å²) in [4.78, 5) is 51.6. The molecule has 0 aromatic heterocycles. The van der Waals surface area contributed by atoms with Crippen molar-refractivity contribution in [1.82, 2.24) is 15.5 Å². The molecule has 3 aromatic rings. The number of nitrogens with one attached hydrogen (secondary N) is 3. The first-order valence-corrected chi connectivity index (χ1v) is 16.4. The summed E-state index contributed by atoms with van der Waals surface area (Å²) in [5.41, 5.74) is 3.81. The predicted molar refractivity (Wildman–Crippen MR) is 178 cm³/mol. The van der Waals surface area contributed by atoms with E-state index in [0.717, 1.165) is 42.4 Å². The molecule has 1 aliphatic carbocycles. The van der Waals surface area contributed by atoms with Crippen molar-refractivity contribution in [2.75, 3.05) is 19.7 Å². The lowest BCUT2D eigenvalue weighted by atomic mass is 9.93. The van der Waals surface area contributed by atoms with Crippen molar-refractivity contribution in [3.63, 3.8) is 0 Å². The number of benzene rings is 3. The van der Waals surface area contributed by atoms with Crippen LogP contribution in [0.1, 0.15) is 72.9 Å². The van der Waals surface area contributed by atoms with Crippen LogP contribution >= 0.6 is 0 Å². The Labute approximate surface area is 275 Å². The molecule has 0 unspecified atom stereocenters. The van der Waals surface area contributed by atoms with Gasteiger partial charge in [0.15, 0.2) is 6.61 Å². The lowest BCUT2D eigenvalue weighted by molar-refractivity contribution is -0.150. The Morgan fingerprint density at radius 3 is 2.00 bits per heavy atom. The summed E-state index contributed by atoms with van der Waals surface area (Å²) in [7, 11) is 0. The van der Waals surface area contributed by atoms with E-state index >= 15 is 0 Å². The highest BCUT2D eigenvalue weighted by atomic mass is 16.5. The molecule has 2 aliphatic rings. The molecule has 1 aliphatic heterocycles. The zero-order valence-electron chi connectivity index (χ0n) is 26.5. The van der Waals surface area contributed by atoms with E-state index in [2.05, 4.69) is 10.6 Å². The van der Waals surface area contributed by atoms with E-state index in [1.54, 1.807) is 24.3 Å². The Kier molecular flexibility index (Phi) is 11.7. The molecule has 3 amide bonds. The van der Waals surface area contributed by atoms with E-state index in [9.17, 15) is 19.2 Å². The summed E-state index contributed by atoms with van der Waals surface area (Å²) >= 11 is 0. The molecule has 0 atom stereocenters. The minimum atomic E-state index is -0.694. The molecule has 3 aromatic carbocycles. The van der Waals surface area contributed by atoms with Gasteiger partial charge in [0.1, 0.15) is 12.4 Å². The van der Waals surface area contributed by atoms with Gasteiger partial charge in [-0.15, -0.1) is 0 Å². The largest absolute Gasteiger partial charge is 0.456 e. The fraction of sp³-hybridized carbons (Fsp3) is 0.378. The smallest absolute Gasteiger partial charge is 0.413 e. The molecule has 246 valence electrons. The first kappa shape index (κ1) is 33.4. The second-order valence-corrected chi connectivity index (χ2v) is 12.2. The highest BCUT2D eigenvalue weighted by molar-refractivity contribution is 6.04. The van der Waals surface area contributed by atoms with Crippen molar-refractivity contribution in [3.8, 4) is 11.1 Å². The van der Waals surface area contributed by atoms with Gasteiger partial charge in [0, 0.05) is 36.7 Å². The third-order valence-electron chi connectivity index (χ3n) is 8.77. The van der Waals surface area contributed by atoms with Gasteiger partial charge in [0.25, 0.3) is 11.8 Å². The Bertz CT molecular complexity index is 1530. The molecule has 0 radical (unpaired) electrons. The number of piperidine rings is 1. The van der Waals surface area contributed by atoms with Crippen LogP contribution in [-0.4, -0.2) is 60.4 Å². The zero-order valence-corrected chi connectivity index (χ0v) is 26.5. The number of rotatable bonds is 10. The second kappa shape index (κ2) is 16.5. The molecule has 5 rings (SSSR count). The summed E-state index contributed by atoms with van der Waals surface area (Å²) in [6.45, 7) is 0.998. The number of amidine groups is 1. The molecule has 1 saturated heterocycles. The van der Waals surface area contributed by atoms with Gasteiger partial charge in [-0.2, -0.15) is 0 Å². The van der Waals surface area contributed by atoms with Crippen molar-refractivity contribution >= 4 is 29.7 Å². The average molecular weight is 639 g/mol. The molecule has 1 saturated carbocycles. The minimum absolute atomic E-state index is 0.0500. The molecule has 10 nitrogen and oxygen atoms in total. The van der Waals surface area contributed by atoms with Gasteiger partial charge in [0.2, 0.25) is 0 Å². The van der Waals surface area contributed by atoms with Crippen molar-refractivity contribution in [2.45, 2.75) is 64.0 Å². The molecule has 0 spiro atoms. The topological polar surface area (TPSA) is 138 Å². The summed E-state index contributed by atoms with van der Waals surface area (Å²) in [5, 5.41) is 13.6. The third-order valence-corrected chi connectivity index (χ3v) is 8.77. The molecule has 3 N–H and O–H groups in total. The number of esters is 1. The monoisotopic (exact) mass is 638 g/mol. The molecular formula is C37H42N4O6. The normalized spacial score (nSPS) is 15.4. The fourth-order valence-corrected chi connectivity index (χ4v) is 6.05. The first-order valence-electron chi connectivity index (χ1n) is 16.4. The van der Waals surface area contributed by atoms with E-state index in [0.29, 0.717) is 37.1 Å². The molecule has 0 bridgehead atoms. The number of amides is 3. The second-order valence-electron chi connectivity index (χ2n) is 12.2. The van der Waals surface area contributed by atoms with Crippen LogP contribution in [0.2, 0.25) is 0 Å². The lowest BCUT2D eigenvalue weighted by Gasteiger charge is -2.31. The summed E-state index contributed by atoms with van der Waals surface area (Å²) in [5.74, 6) is -0.596. The van der Waals surface area contributed by atoms with Gasteiger partial charge < -0.3 is 19.7 Å². The van der Waals surface area contributed by atoms with Crippen LogP contribution in [0.3, 0.4) is 0 Å². The van der Waals surface area contributed by atoms with Crippen molar-refractivity contribution < 1.29 is 28.7 Å². The van der Waals surface area contributed by atoms with Crippen molar-refractivity contribution in [2.24, 2.45) is 5.92 Å². The Balaban J connectivity index is 1.02. The maximum atomic E-state index is 13.2. The number of carbonyl (C=O) groups is 4. The van der Waals surface area contributed by atoms with E-state index in [-0.39, 0.29) is 55.2 Å². The number of alkyl carbamates (subject to hydrolysis) is 1. The standard InChI is InChI=1S/C37H42N4O6/c38-35(40-37(45)47-24-27-7-3-1-4-8-27)30-15-11-28(12-16-30)29-13-17-31(18-14-29)36(44)41-21-19-26(20-22-41)23-34(43)46-25-33(42)39-32-9-5-2-6-10-32/h1,3-4,7-8,11-18,26,32H,2,5-6,9-10,19-25H2,(H,39,42)(H2,38,40,45). The zero-order chi connectivity index (χ0) is 33.0. The maximum absolute atomic E-state index is 13.2. The SMILES string of the molecule is N=C(NC(=O)OCc1ccccc1)c1ccc(-c2ccc(C(=O)N3CCC(CC(=O)OCC(=O)NC4CCCCC4)CC3)cc2)cc1. The van der Waals surface area contributed by atoms with E-state index in [1.807, 2.05) is 59.5 Å². The quantitative estimate of drug-likeness (QED) is 0.145. The summed E-state index contributed by atoms with van der Waals surface area (Å²) in [6.07, 6.45) is 6.38. The molecule has 10 heteroatoms. The highest BCUT2D eigenvalue weighted by Gasteiger charge is 2.26. The third kappa shape index (κ3) is 10.00. The van der Waals surface area contributed by atoms with E-state index in [1.165, 1.54) is 6.42 Å². The number of hydrogen-bond donors (Lipinski definition) is 3. The first-order chi connectivity index (χ1) is 22.8. The van der Waals surface area contributed by atoms with Gasteiger partial charge in [-0.25, -0.2) is 4.79 Å². The van der Waals surface area contributed by atoms with Crippen molar-refractivity contribution in [3.05, 3.63) is 95.6 Å². The Morgan fingerprint density at radius 2 is 1.36 bits per heavy atom. The van der Waals surface area contributed by atoms with Crippen LogP contribution in [-0.2, 0) is 25.7 Å². The fourth-order valence-electron chi connectivity index (χ4n) is 6.05. The molecule has 47 heavy (non-hydrogen) atoms. The molecule has 2 fully saturated rings. The number of likely N-dealkylation sites (tertiary alicyclic amines) is 1. The number of nitrogens with zero attached hydrogens (tertiary/aromatic N) is 1. The van der Waals surface area contributed by atoms with Crippen LogP contribution < -0.4 is 10.6 Å². The lowest BCUT2D eigenvalue weighted by Crippen LogP contribution is -2.40. The van der Waals surface area contributed by atoms with Gasteiger partial charge in [-0.3, -0.25) is 25.1 Å². The summed E-state index contributed by atoms with van der Waals surface area (Å²) < 4.78 is 10.4. The average Bonchev–Trinajstić information content (AvgIpc) is 3.11. The summed E-state index contributed by atoms with van der Waals surface area (Å²) in [6, 6.07) is 24.1.